The molecule has 0 unspecified atom stereocenters. The number of hydrogen-bond acceptors (Lipinski definition) is 1. The maximum absolute atomic E-state index is 13.7. The fraction of sp³-hybridized carbons (Fsp3) is 0.737. The molecule has 0 amide bonds. The first kappa shape index (κ1) is 18.4. The molecule has 22 heavy (non-hydrogen) atoms. The lowest BCUT2D eigenvalue weighted by Crippen LogP contribution is -2.51. The maximum atomic E-state index is 13.7. The highest BCUT2D eigenvalue weighted by Gasteiger charge is 2.61. The highest BCUT2D eigenvalue weighted by atomic mass is 79.9. The van der Waals surface area contributed by atoms with Crippen LogP contribution in [0.1, 0.15) is 54.4 Å². The van der Waals surface area contributed by atoms with E-state index in [0.29, 0.717) is 5.78 Å². The zero-order chi connectivity index (χ0) is 17.0. The van der Waals surface area contributed by atoms with Crippen molar-refractivity contribution in [3.05, 3.63) is 23.3 Å². The quantitative estimate of drug-likeness (QED) is 0.389. The number of Topliss-reactive ketones (excluding diaryl/α,β-unsaturated/α-hetero) is 1. The van der Waals surface area contributed by atoms with Gasteiger partial charge in [0.2, 0.25) is 0 Å². The molecule has 0 radical (unpaired) electrons. The number of rotatable bonds is 4. The predicted octanol–water partition coefficient (Wildman–Crippen LogP) is 6.07. The first-order valence-corrected chi connectivity index (χ1v) is 10.3. The van der Waals surface area contributed by atoms with Crippen molar-refractivity contribution in [2.24, 2.45) is 21.7 Å². The van der Waals surface area contributed by atoms with Gasteiger partial charge in [0.1, 0.15) is 5.78 Å². The third kappa shape index (κ3) is 2.17. The van der Waals surface area contributed by atoms with E-state index in [1.165, 1.54) is 11.1 Å². The Morgan fingerprint density at radius 1 is 0.864 bits per heavy atom. The van der Waals surface area contributed by atoms with Gasteiger partial charge in [-0.25, -0.2) is 0 Å². The van der Waals surface area contributed by atoms with Crippen LogP contribution >= 0.6 is 31.9 Å². The summed E-state index contributed by atoms with van der Waals surface area (Å²) in [7, 11) is 0. The molecule has 0 bridgehead atoms. The molecule has 3 heteroatoms. The average molecular weight is 432 g/mol. The lowest BCUT2D eigenvalue weighted by Gasteiger charge is -2.48. The van der Waals surface area contributed by atoms with Gasteiger partial charge in [-0.05, 0) is 23.7 Å². The monoisotopic (exact) mass is 430 g/mol. The summed E-state index contributed by atoms with van der Waals surface area (Å²) >= 11 is 7.19. The standard InChI is InChI=1S/C19H28Br2O/c1-16(2)13(11-20)7-9-18(16,5)15(22)19(6)10-8-14(12-21)17(19,3)4/h7-8H,9-12H2,1-6H3/t18-,19-/m1/s1. The number of allylic oxidation sites excluding steroid dienone is 4. The lowest BCUT2D eigenvalue weighted by molar-refractivity contribution is -0.146. The van der Waals surface area contributed by atoms with Gasteiger partial charge in [-0.15, -0.1) is 0 Å². The summed E-state index contributed by atoms with van der Waals surface area (Å²) < 4.78 is 0. The van der Waals surface area contributed by atoms with Crippen molar-refractivity contribution < 1.29 is 4.79 Å². The van der Waals surface area contributed by atoms with E-state index < -0.39 is 0 Å². The molecule has 1 nitrogen and oxygen atoms in total. The van der Waals surface area contributed by atoms with Crippen LogP contribution in [0, 0.1) is 21.7 Å². The number of carbonyl (C=O) groups excluding carboxylic acids is 1. The fourth-order valence-corrected chi connectivity index (χ4v) is 6.05. The summed E-state index contributed by atoms with van der Waals surface area (Å²) in [5.41, 5.74) is 1.89. The van der Waals surface area contributed by atoms with Gasteiger partial charge in [-0.3, -0.25) is 4.79 Å². The molecule has 124 valence electrons. The van der Waals surface area contributed by atoms with Crippen molar-refractivity contribution in [2.75, 3.05) is 10.7 Å². The molecule has 0 heterocycles. The zero-order valence-electron chi connectivity index (χ0n) is 14.6. The van der Waals surface area contributed by atoms with Crippen molar-refractivity contribution in [3.8, 4) is 0 Å². The number of alkyl halides is 2. The highest BCUT2D eigenvalue weighted by Crippen LogP contribution is 2.62. The molecule has 0 N–H and O–H groups in total. The van der Waals surface area contributed by atoms with Gasteiger partial charge >= 0.3 is 0 Å². The minimum Gasteiger partial charge on any atom is -0.298 e. The molecule has 0 aromatic carbocycles. The second kappa shape index (κ2) is 5.58. The van der Waals surface area contributed by atoms with Gasteiger partial charge in [-0.2, -0.15) is 0 Å². The van der Waals surface area contributed by atoms with E-state index in [2.05, 4.69) is 85.6 Å². The Morgan fingerprint density at radius 3 is 1.41 bits per heavy atom. The van der Waals surface area contributed by atoms with Crippen LogP contribution in [0.2, 0.25) is 0 Å². The molecule has 2 rings (SSSR count). The smallest absolute Gasteiger partial charge is 0.146 e. The Kier molecular flexibility index (Phi) is 4.68. The van der Waals surface area contributed by atoms with Crippen LogP contribution in [-0.2, 0) is 4.79 Å². The fourth-order valence-electron chi connectivity index (χ4n) is 4.19. The van der Waals surface area contributed by atoms with Crippen LogP contribution in [0.4, 0.5) is 0 Å². The Morgan fingerprint density at radius 2 is 1.18 bits per heavy atom. The lowest BCUT2D eigenvalue weighted by atomic mass is 9.53. The number of ketones is 1. The molecular weight excluding hydrogens is 404 g/mol. The molecule has 0 aromatic rings. The minimum atomic E-state index is -0.322. The Balaban J connectivity index is 2.42. The summed E-state index contributed by atoms with van der Waals surface area (Å²) in [6.45, 7) is 13.3. The molecular formula is C19H28Br2O. The number of halogens is 2. The van der Waals surface area contributed by atoms with Gasteiger partial charge in [0.25, 0.3) is 0 Å². The Hall–Kier alpha value is 0.110. The third-order valence-corrected chi connectivity index (χ3v) is 8.38. The molecule has 0 aliphatic heterocycles. The number of carbonyl (C=O) groups is 1. The summed E-state index contributed by atoms with van der Waals surface area (Å²) in [5.74, 6) is 0.425. The van der Waals surface area contributed by atoms with E-state index in [1.54, 1.807) is 0 Å². The summed E-state index contributed by atoms with van der Waals surface area (Å²) in [6.07, 6.45) is 6.26. The first-order valence-electron chi connectivity index (χ1n) is 8.05. The molecule has 2 aliphatic rings. The highest BCUT2D eigenvalue weighted by molar-refractivity contribution is 9.09. The predicted molar refractivity (Wildman–Crippen MR) is 102 cm³/mol. The van der Waals surface area contributed by atoms with E-state index in [-0.39, 0.29) is 21.7 Å². The SMILES string of the molecule is CC1(C)C(CBr)=CC[C@]1(C)C(=O)[C@@]1(C)CC=C(CBr)C1(C)C. The van der Waals surface area contributed by atoms with Crippen LogP contribution in [0.3, 0.4) is 0 Å². The zero-order valence-corrected chi connectivity index (χ0v) is 17.8. The van der Waals surface area contributed by atoms with Gasteiger partial charge < -0.3 is 0 Å². The Bertz CT molecular complexity index is 508. The van der Waals surface area contributed by atoms with Crippen LogP contribution < -0.4 is 0 Å². The van der Waals surface area contributed by atoms with Crippen LogP contribution in [0.25, 0.3) is 0 Å². The van der Waals surface area contributed by atoms with Gasteiger partial charge in [-0.1, -0.05) is 96.7 Å². The average Bonchev–Trinajstić information content (AvgIpc) is 2.82. The van der Waals surface area contributed by atoms with Crippen molar-refractivity contribution in [3.63, 3.8) is 0 Å². The molecule has 2 atom stereocenters. The van der Waals surface area contributed by atoms with E-state index in [9.17, 15) is 4.79 Å². The largest absolute Gasteiger partial charge is 0.298 e. The topological polar surface area (TPSA) is 17.1 Å². The van der Waals surface area contributed by atoms with Crippen molar-refractivity contribution in [1.82, 2.24) is 0 Å². The maximum Gasteiger partial charge on any atom is 0.146 e. The van der Waals surface area contributed by atoms with E-state index >= 15 is 0 Å². The van der Waals surface area contributed by atoms with Crippen LogP contribution in [-0.4, -0.2) is 16.4 Å². The summed E-state index contributed by atoms with van der Waals surface area (Å²) in [5, 5.41) is 1.71. The second-order valence-corrected chi connectivity index (χ2v) is 9.50. The van der Waals surface area contributed by atoms with Gasteiger partial charge in [0.05, 0.1) is 0 Å². The summed E-state index contributed by atoms with van der Waals surface area (Å²) in [4.78, 5) is 13.7. The van der Waals surface area contributed by atoms with Crippen molar-refractivity contribution >= 4 is 37.6 Å². The summed E-state index contributed by atoms with van der Waals surface area (Å²) in [6, 6.07) is 0. The molecule has 0 saturated carbocycles. The van der Waals surface area contributed by atoms with E-state index in [1.807, 2.05) is 0 Å². The minimum absolute atomic E-state index is 0.0934. The van der Waals surface area contributed by atoms with E-state index in [0.717, 1.165) is 23.5 Å². The second-order valence-electron chi connectivity index (χ2n) is 8.38. The Labute approximate surface area is 152 Å². The van der Waals surface area contributed by atoms with Crippen molar-refractivity contribution in [2.45, 2.75) is 54.4 Å². The molecule has 2 aliphatic carbocycles. The molecule has 0 fully saturated rings. The molecule has 0 aromatic heterocycles. The van der Waals surface area contributed by atoms with E-state index in [4.69, 9.17) is 0 Å². The van der Waals surface area contributed by atoms with Gasteiger partial charge in [0.15, 0.2) is 0 Å². The molecule has 0 saturated heterocycles. The normalized spacial score (nSPS) is 36.2. The van der Waals surface area contributed by atoms with Gasteiger partial charge in [0, 0.05) is 21.5 Å². The number of hydrogen-bond donors (Lipinski definition) is 0. The van der Waals surface area contributed by atoms with Crippen molar-refractivity contribution in [1.29, 1.82) is 0 Å². The molecule has 0 spiro atoms. The third-order valence-electron chi connectivity index (χ3n) is 7.17. The van der Waals surface area contributed by atoms with Crippen LogP contribution in [0.5, 0.6) is 0 Å². The van der Waals surface area contributed by atoms with Crippen LogP contribution in [0.15, 0.2) is 23.3 Å². The first-order chi connectivity index (χ1) is 9.99.